The van der Waals surface area contributed by atoms with Gasteiger partial charge < -0.3 is 0 Å². The zero-order valence-electron chi connectivity index (χ0n) is 9.22. The van der Waals surface area contributed by atoms with E-state index in [-0.39, 0.29) is 0 Å². The molecular weight excluding hydrogens is 156 g/mol. The molecule has 0 amide bonds. The summed E-state index contributed by atoms with van der Waals surface area (Å²) in [5, 5.41) is 0. The van der Waals surface area contributed by atoms with E-state index >= 15 is 0 Å². The third-order valence-electron chi connectivity index (χ3n) is 3.68. The molecule has 0 nitrogen and oxygen atoms in total. The van der Waals surface area contributed by atoms with Gasteiger partial charge >= 0.3 is 0 Å². The van der Waals surface area contributed by atoms with Crippen LogP contribution in [0.25, 0.3) is 0 Å². The number of allylic oxidation sites excluding steroid dienone is 2. The maximum absolute atomic E-state index is 2.47. The highest BCUT2D eigenvalue weighted by molar-refractivity contribution is 5.09. The van der Waals surface area contributed by atoms with Gasteiger partial charge in [-0.3, -0.25) is 0 Å². The summed E-state index contributed by atoms with van der Waals surface area (Å²) >= 11 is 0. The minimum Gasteiger partial charge on any atom is -0.0851 e. The number of rotatable bonds is 2. The molecule has 0 saturated heterocycles. The van der Waals surface area contributed by atoms with Crippen LogP contribution in [-0.2, 0) is 0 Å². The van der Waals surface area contributed by atoms with E-state index in [1.807, 2.05) is 0 Å². The lowest BCUT2D eigenvalue weighted by Gasteiger charge is -2.23. The van der Waals surface area contributed by atoms with E-state index < -0.39 is 0 Å². The van der Waals surface area contributed by atoms with Gasteiger partial charge in [-0.15, -0.1) is 0 Å². The second kappa shape index (κ2) is 3.15. The van der Waals surface area contributed by atoms with Crippen molar-refractivity contribution in [2.24, 2.45) is 23.2 Å². The highest BCUT2D eigenvalue weighted by Gasteiger charge is 2.35. The Kier molecular flexibility index (Phi) is 2.25. The van der Waals surface area contributed by atoms with Gasteiger partial charge in [0.05, 0.1) is 0 Å². The highest BCUT2D eigenvalue weighted by atomic mass is 14.4. The molecule has 0 heteroatoms. The zero-order chi connectivity index (χ0) is 9.47. The summed E-state index contributed by atoms with van der Waals surface area (Å²) in [4.78, 5) is 0. The monoisotopic (exact) mass is 178 g/mol. The van der Waals surface area contributed by atoms with E-state index in [1.54, 1.807) is 0 Å². The molecule has 2 aliphatic carbocycles. The Balaban J connectivity index is 1.81. The topological polar surface area (TPSA) is 0 Å². The second-order valence-corrected chi connectivity index (χ2v) is 6.14. The molecule has 0 spiro atoms. The Morgan fingerprint density at radius 1 is 1.15 bits per heavy atom. The molecule has 3 atom stereocenters. The summed E-state index contributed by atoms with van der Waals surface area (Å²) in [5.41, 5.74) is 0.533. The van der Waals surface area contributed by atoms with E-state index in [0.29, 0.717) is 5.41 Å². The van der Waals surface area contributed by atoms with Crippen LogP contribution in [0.4, 0.5) is 0 Å². The van der Waals surface area contributed by atoms with Crippen LogP contribution in [-0.4, -0.2) is 0 Å². The van der Waals surface area contributed by atoms with Gasteiger partial charge in [-0.25, -0.2) is 0 Å². The first-order valence-corrected chi connectivity index (χ1v) is 5.73. The van der Waals surface area contributed by atoms with E-state index in [0.717, 1.165) is 17.8 Å². The average molecular weight is 178 g/mol. The van der Waals surface area contributed by atoms with Crippen LogP contribution in [0.3, 0.4) is 0 Å². The molecule has 2 bridgehead atoms. The van der Waals surface area contributed by atoms with Crippen LogP contribution >= 0.6 is 0 Å². The lowest BCUT2D eigenvalue weighted by Crippen LogP contribution is -2.12. The number of fused-ring (bicyclic) bond motifs is 2. The molecule has 0 heterocycles. The maximum atomic E-state index is 2.47. The van der Waals surface area contributed by atoms with Gasteiger partial charge in [0, 0.05) is 0 Å². The highest BCUT2D eigenvalue weighted by Crippen LogP contribution is 2.46. The summed E-state index contributed by atoms with van der Waals surface area (Å²) in [6, 6.07) is 0. The predicted octanol–water partition coefficient (Wildman–Crippen LogP) is 4.02. The maximum Gasteiger partial charge on any atom is -0.0199 e. The van der Waals surface area contributed by atoms with Crippen molar-refractivity contribution in [1.29, 1.82) is 0 Å². The molecule has 2 rings (SSSR count). The average Bonchev–Trinajstić information content (AvgIpc) is 2.58. The first-order chi connectivity index (χ1) is 6.04. The quantitative estimate of drug-likeness (QED) is 0.560. The van der Waals surface area contributed by atoms with Gasteiger partial charge in [0.15, 0.2) is 0 Å². The minimum atomic E-state index is 0.533. The molecule has 0 aliphatic heterocycles. The van der Waals surface area contributed by atoms with Crippen LogP contribution in [0, 0.1) is 23.2 Å². The Labute approximate surface area is 82.4 Å². The number of hydrogen-bond acceptors (Lipinski definition) is 0. The summed E-state index contributed by atoms with van der Waals surface area (Å²) in [5.74, 6) is 2.93. The molecule has 1 fully saturated rings. The van der Waals surface area contributed by atoms with E-state index in [9.17, 15) is 0 Å². The van der Waals surface area contributed by atoms with E-state index in [1.165, 1.54) is 25.7 Å². The Bertz CT molecular complexity index is 207. The van der Waals surface area contributed by atoms with Crippen LogP contribution in [0.2, 0.25) is 0 Å². The largest absolute Gasteiger partial charge is 0.0851 e. The normalized spacial score (nSPS) is 37.3. The standard InChI is InChI=1S/C13H22/c1-13(2,3)7-6-12-9-10-4-5-11(12)8-10/h4-5,10-12H,6-9H2,1-3H3. The molecule has 13 heavy (non-hydrogen) atoms. The predicted molar refractivity (Wildman–Crippen MR) is 57.5 cm³/mol. The molecule has 0 N–H and O–H groups in total. The van der Waals surface area contributed by atoms with Crippen molar-refractivity contribution in [3.63, 3.8) is 0 Å². The van der Waals surface area contributed by atoms with Crippen molar-refractivity contribution >= 4 is 0 Å². The molecule has 1 saturated carbocycles. The molecule has 0 aromatic heterocycles. The van der Waals surface area contributed by atoms with Gasteiger partial charge in [0.25, 0.3) is 0 Å². The van der Waals surface area contributed by atoms with Crippen LogP contribution in [0.5, 0.6) is 0 Å². The fraction of sp³-hybridized carbons (Fsp3) is 0.846. The van der Waals surface area contributed by atoms with Gasteiger partial charge in [-0.05, 0) is 48.9 Å². The lowest BCUT2D eigenvalue weighted by atomic mass is 9.82. The molecule has 0 aromatic rings. The molecule has 74 valence electrons. The zero-order valence-corrected chi connectivity index (χ0v) is 9.22. The van der Waals surface area contributed by atoms with Crippen molar-refractivity contribution in [2.75, 3.05) is 0 Å². The van der Waals surface area contributed by atoms with Crippen molar-refractivity contribution in [1.82, 2.24) is 0 Å². The summed E-state index contributed by atoms with van der Waals surface area (Å²) < 4.78 is 0. The molecule has 2 aliphatic rings. The van der Waals surface area contributed by atoms with Crippen LogP contribution in [0.15, 0.2) is 12.2 Å². The van der Waals surface area contributed by atoms with Gasteiger partial charge in [0.1, 0.15) is 0 Å². The van der Waals surface area contributed by atoms with Crippen LogP contribution in [0.1, 0.15) is 46.5 Å². The van der Waals surface area contributed by atoms with Gasteiger partial charge in [0.2, 0.25) is 0 Å². The molecule has 0 radical (unpaired) electrons. The van der Waals surface area contributed by atoms with Crippen molar-refractivity contribution in [2.45, 2.75) is 46.5 Å². The van der Waals surface area contributed by atoms with Crippen molar-refractivity contribution in [3.05, 3.63) is 12.2 Å². The van der Waals surface area contributed by atoms with Gasteiger partial charge in [-0.2, -0.15) is 0 Å². The van der Waals surface area contributed by atoms with Crippen LogP contribution < -0.4 is 0 Å². The Morgan fingerprint density at radius 2 is 1.92 bits per heavy atom. The third-order valence-corrected chi connectivity index (χ3v) is 3.68. The molecule has 3 unspecified atom stereocenters. The Morgan fingerprint density at radius 3 is 2.38 bits per heavy atom. The SMILES string of the molecule is CC(C)(C)CCC1CC2C=CC1C2. The first kappa shape index (κ1) is 9.30. The smallest absolute Gasteiger partial charge is 0.0199 e. The van der Waals surface area contributed by atoms with Crippen molar-refractivity contribution < 1.29 is 0 Å². The van der Waals surface area contributed by atoms with Gasteiger partial charge in [-0.1, -0.05) is 32.9 Å². The lowest BCUT2D eigenvalue weighted by molar-refractivity contribution is 0.300. The minimum absolute atomic E-state index is 0.533. The Hall–Kier alpha value is -0.260. The fourth-order valence-corrected chi connectivity index (χ4v) is 2.84. The number of hydrogen-bond donors (Lipinski definition) is 0. The molecule has 0 aromatic carbocycles. The molecular formula is C13H22. The summed E-state index contributed by atoms with van der Waals surface area (Å²) in [7, 11) is 0. The summed E-state index contributed by atoms with van der Waals surface area (Å²) in [6.07, 6.45) is 10.7. The summed E-state index contributed by atoms with van der Waals surface area (Å²) in [6.45, 7) is 7.07. The van der Waals surface area contributed by atoms with E-state index in [4.69, 9.17) is 0 Å². The second-order valence-electron chi connectivity index (χ2n) is 6.14. The first-order valence-electron chi connectivity index (χ1n) is 5.73. The third kappa shape index (κ3) is 2.15. The van der Waals surface area contributed by atoms with Crippen molar-refractivity contribution in [3.8, 4) is 0 Å². The fourth-order valence-electron chi connectivity index (χ4n) is 2.84. The van der Waals surface area contributed by atoms with E-state index in [2.05, 4.69) is 32.9 Å².